The van der Waals surface area contributed by atoms with Crippen LogP contribution in [0.15, 0.2) is 85.3 Å². The van der Waals surface area contributed by atoms with E-state index in [1.165, 1.54) is 0 Å². The Balaban J connectivity index is 1.59. The highest BCUT2D eigenvalue weighted by Gasteiger charge is 2.34. The quantitative estimate of drug-likeness (QED) is 0.388. The van der Waals surface area contributed by atoms with Crippen molar-refractivity contribution in [3.05, 3.63) is 118 Å². The molecule has 0 fully saturated rings. The van der Waals surface area contributed by atoms with Crippen molar-refractivity contribution >= 4 is 34.8 Å². The molecule has 2 heterocycles. The Labute approximate surface area is 209 Å². The zero-order valence-corrected chi connectivity index (χ0v) is 20.2. The summed E-state index contributed by atoms with van der Waals surface area (Å²) in [7, 11) is 1.95. The van der Waals surface area contributed by atoms with E-state index in [4.69, 9.17) is 23.2 Å². The number of nitrogens with one attached hydrogen (secondary N) is 1. The Bertz CT molecular complexity index is 1320. The number of fused-ring (bicyclic) bond motifs is 1. The van der Waals surface area contributed by atoms with Crippen LogP contribution in [0.2, 0.25) is 10.0 Å². The van der Waals surface area contributed by atoms with Crippen molar-refractivity contribution in [3.63, 3.8) is 0 Å². The van der Waals surface area contributed by atoms with Crippen LogP contribution in [0.25, 0.3) is 0 Å². The van der Waals surface area contributed by atoms with Crippen LogP contribution in [0.3, 0.4) is 0 Å². The van der Waals surface area contributed by atoms with Gasteiger partial charge in [-0.2, -0.15) is 0 Å². The molecule has 0 saturated heterocycles. The molecule has 0 aliphatic carbocycles. The van der Waals surface area contributed by atoms with Crippen molar-refractivity contribution in [1.29, 1.82) is 0 Å². The maximum Gasteiger partial charge on any atom is 0.248 e. The van der Waals surface area contributed by atoms with Gasteiger partial charge in [-0.05, 0) is 53.4 Å². The number of hydrogen-bond donors (Lipinski definition) is 1. The van der Waals surface area contributed by atoms with Crippen LogP contribution >= 0.6 is 23.2 Å². The highest BCUT2D eigenvalue weighted by molar-refractivity contribution is 6.31. The van der Waals surface area contributed by atoms with E-state index in [2.05, 4.69) is 16.4 Å². The second-order valence-electron chi connectivity index (χ2n) is 8.43. The van der Waals surface area contributed by atoms with Crippen molar-refractivity contribution < 1.29 is 4.79 Å². The summed E-state index contributed by atoms with van der Waals surface area (Å²) in [6.45, 7) is 0.575. The minimum atomic E-state index is -0.562. The molecule has 1 aliphatic rings. The number of carbonyl (C=O) groups excluding carboxylic acids is 1. The number of halogens is 2. The first kappa shape index (κ1) is 22.7. The summed E-state index contributed by atoms with van der Waals surface area (Å²) in [5.74, 6) is -0.0200. The van der Waals surface area contributed by atoms with Crippen molar-refractivity contribution in [2.75, 3.05) is 11.4 Å². The van der Waals surface area contributed by atoms with Gasteiger partial charge in [-0.3, -0.25) is 10.1 Å². The van der Waals surface area contributed by atoms with Gasteiger partial charge in [0.25, 0.3) is 0 Å². The van der Waals surface area contributed by atoms with Gasteiger partial charge in [0.15, 0.2) is 0 Å². The van der Waals surface area contributed by atoms with Gasteiger partial charge in [-0.15, -0.1) is 0 Å². The van der Waals surface area contributed by atoms with Crippen LogP contribution < -0.4 is 10.2 Å². The van der Waals surface area contributed by atoms with Gasteiger partial charge in [0, 0.05) is 29.3 Å². The lowest BCUT2D eigenvalue weighted by atomic mass is 9.96. The molecule has 7 heteroatoms. The largest absolute Gasteiger partial charge is 0.336 e. The van der Waals surface area contributed by atoms with E-state index in [1.54, 1.807) is 6.33 Å². The molecule has 1 N–H and O–H groups in total. The molecular formula is C27H24Cl2N4O. The summed E-state index contributed by atoms with van der Waals surface area (Å²) >= 11 is 12.4. The van der Waals surface area contributed by atoms with Gasteiger partial charge in [-0.1, -0.05) is 65.7 Å². The first-order chi connectivity index (χ1) is 16.5. The number of nitrogens with zero attached hydrogens (tertiary/aromatic N) is 3. The lowest BCUT2D eigenvalue weighted by Gasteiger charge is -2.29. The van der Waals surface area contributed by atoms with Crippen molar-refractivity contribution in [2.45, 2.75) is 18.5 Å². The third kappa shape index (κ3) is 4.47. The summed E-state index contributed by atoms with van der Waals surface area (Å²) in [6, 6.07) is 22.4. The maximum absolute atomic E-state index is 14.1. The molecule has 5 rings (SSSR count). The summed E-state index contributed by atoms with van der Waals surface area (Å²) in [5.41, 5.74) is 4.87. The van der Waals surface area contributed by atoms with Gasteiger partial charge in [0.1, 0.15) is 6.04 Å². The molecule has 172 valence electrons. The Morgan fingerprint density at radius 1 is 1.00 bits per heavy atom. The Kier molecular flexibility index (Phi) is 6.42. The number of carbonyl (C=O) groups is 1. The first-order valence-electron chi connectivity index (χ1n) is 11.1. The van der Waals surface area contributed by atoms with Gasteiger partial charge in [0.05, 0.1) is 24.3 Å². The molecule has 3 aromatic carbocycles. The summed E-state index contributed by atoms with van der Waals surface area (Å²) in [4.78, 5) is 20.2. The van der Waals surface area contributed by atoms with E-state index >= 15 is 0 Å². The SMILES string of the molecule is Cn1cncc1C(NC1C(=O)N(c2cccc(Cl)c2)CCc2ccccc21)c1ccc(Cl)cc1. The van der Waals surface area contributed by atoms with Crippen molar-refractivity contribution in [2.24, 2.45) is 7.05 Å². The van der Waals surface area contributed by atoms with E-state index in [1.807, 2.05) is 89.4 Å². The number of imidazole rings is 1. The number of aryl methyl sites for hydroxylation is 1. The van der Waals surface area contributed by atoms with Gasteiger partial charge < -0.3 is 9.47 Å². The van der Waals surface area contributed by atoms with E-state index in [0.717, 1.165) is 34.5 Å². The number of amides is 1. The molecular weight excluding hydrogens is 467 g/mol. The fourth-order valence-electron chi connectivity index (χ4n) is 4.56. The highest BCUT2D eigenvalue weighted by Crippen LogP contribution is 2.33. The van der Waals surface area contributed by atoms with E-state index < -0.39 is 6.04 Å². The third-order valence-corrected chi connectivity index (χ3v) is 6.78. The highest BCUT2D eigenvalue weighted by atomic mass is 35.5. The van der Waals surface area contributed by atoms with Crippen LogP contribution in [0, 0.1) is 0 Å². The average Bonchev–Trinajstić information content (AvgIpc) is 3.20. The van der Waals surface area contributed by atoms with Gasteiger partial charge in [-0.25, -0.2) is 4.98 Å². The Hall–Kier alpha value is -3.12. The number of hydrogen-bond acceptors (Lipinski definition) is 3. The van der Waals surface area contributed by atoms with Crippen LogP contribution in [-0.2, 0) is 18.3 Å². The van der Waals surface area contributed by atoms with E-state index in [9.17, 15) is 4.79 Å². The van der Waals surface area contributed by atoms with E-state index in [0.29, 0.717) is 16.6 Å². The lowest BCUT2D eigenvalue weighted by Crippen LogP contribution is -2.42. The number of benzene rings is 3. The molecule has 2 unspecified atom stereocenters. The molecule has 0 bridgehead atoms. The van der Waals surface area contributed by atoms with Crippen LogP contribution in [0.5, 0.6) is 0 Å². The number of rotatable bonds is 5. The molecule has 1 aromatic heterocycles. The van der Waals surface area contributed by atoms with Crippen molar-refractivity contribution in [3.8, 4) is 0 Å². The molecule has 34 heavy (non-hydrogen) atoms. The van der Waals surface area contributed by atoms with Gasteiger partial charge in [0.2, 0.25) is 5.91 Å². The molecule has 2 atom stereocenters. The summed E-state index contributed by atoms with van der Waals surface area (Å²) in [6.07, 6.45) is 4.35. The minimum Gasteiger partial charge on any atom is -0.336 e. The topological polar surface area (TPSA) is 50.2 Å². The second-order valence-corrected chi connectivity index (χ2v) is 9.31. The molecule has 0 radical (unpaired) electrons. The molecule has 4 aromatic rings. The number of aromatic nitrogens is 2. The molecule has 0 spiro atoms. The van der Waals surface area contributed by atoms with Crippen molar-refractivity contribution in [1.82, 2.24) is 14.9 Å². The monoisotopic (exact) mass is 490 g/mol. The summed E-state index contributed by atoms with van der Waals surface area (Å²) < 4.78 is 1.97. The fourth-order valence-corrected chi connectivity index (χ4v) is 4.87. The zero-order chi connectivity index (χ0) is 23.7. The molecule has 0 saturated carbocycles. The summed E-state index contributed by atoms with van der Waals surface area (Å²) in [5, 5.41) is 4.93. The fraction of sp³-hybridized carbons (Fsp3) is 0.185. The van der Waals surface area contributed by atoms with Crippen LogP contribution in [-0.4, -0.2) is 22.0 Å². The molecule has 1 aliphatic heterocycles. The van der Waals surface area contributed by atoms with E-state index in [-0.39, 0.29) is 11.9 Å². The standard InChI is InChI=1S/C27H24Cl2N4O/c1-32-17-30-16-24(32)25(19-9-11-20(28)12-10-19)31-26-23-8-3-2-5-18(23)13-14-33(27(26)34)22-7-4-6-21(29)15-22/h2-12,15-17,25-26,31H,13-14H2,1H3. The average molecular weight is 491 g/mol. The third-order valence-electron chi connectivity index (χ3n) is 6.29. The predicted octanol–water partition coefficient (Wildman–Crippen LogP) is 5.74. The Morgan fingerprint density at radius 2 is 1.79 bits per heavy atom. The Morgan fingerprint density at radius 3 is 2.53 bits per heavy atom. The molecule has 1 amide bonds. The first-order valence-corrected chi connectivity index (χ1v) is 11.9. The number of anilines is 1. The van der Waals surface area contributed by atoms with Gasteiger partial charge >= 0.3 is 0 Å². The predicted molar refractivity (Wildman–Crippen MR) is 136 cm³/mol. The normalized spacial score (nSPS) is 16.7. The van der Waals surface area contributed by atoms with Crippen LogP contribution in [0.1, 0.15) is 34.5 Å². The molecule has 5 nitrogen and oxygen atoms in total. The zero-order valence-electron chi connectivity index (χ0n) is 18.7. The smallest absolute Gasteiger partial charge is 0.248 e. The van der Waals surface area contributed by atoms with Crippen LogP contribution in [0.4, 0.5) is 5.69 Å². The lowest BCUT2D eigenvalue weighted by molar-refractivity contribution is -0.120. The second kappa shape index (κ2) is 9.63. The minimum absolute atomic E-state index is 0.0200. The maximum atomic E-state index is 14.1.